The van der Waals surface area contributed by atoms with Gasteiger partial charge >= 0.3 is 0 Å². The maximum absolute atomic E-state index is 4.45. The molecule has 1 aromatic heterocycles. The highest BCUT2D eigenvalue weighted by Crippen LogP contribution is 2.35. The Morgan fingerprint density at radius 1 is 1.41 bits per heavy atom. The van der Waals surface area contributed by atoms with E-state index in [1.807, 2.05) is 12.4 Å². The second-order valence-corrected chi connectivity index (χ2v) is 5.43. The number of aromatic amines is 1. The molecule has 0 aliphatic heterocycles. The third-order valence-electron chi connectivity index (χ3n) is 3.96. The van der Waals surface area contributed by atoms with E-state index in [1.165, 1.54) is 32.1 Å². The minimum atomic E-state index is 0.428. The van der Waals surface area contributed by atoms with Crippen molar-refractivity contribution in [2.45, 2.75) is 52.0 Å². The van der Waals surface area contributed by atoms with Crippen LogP contribution in [-0.4, -0.2) is 16.5 Å². The number of hydrogen-bond acceptors (Lipinski definition) is 2. The lowest BCUT2D eigenvalue weighted by Gasteiger charge is -2.32. The molecule has 1 aliphatic rings. The quantitative estimate of drug-likeness (QED) is 0.822. The minimum absolute atomic E-state index is 0.428. The van der Waals surface area contributed by atoms with Crippen LogP contribution in [0.25, 0.3) is 0 Å². The van der Waals surface area contributed by atoms with Gasteiger partial charge in [-0.2, -0.15) is 0 Å². The van der Waals surface area contributed by atoms with Gasteiger partial charge < -0.3 is 10.3 Å². The Kier molecular flexibility index (Phi) is 4.60. The number of rotatable bonds is 5. The lowest BCUT2D eigenvalue weighted by Crippen LogP contribution is -2.32. The fourth-order valence-electron chi connectivity index (χ4n) is 2.85. The van der Waals surface area contributed by atoms with E-state index in [1.54, 1.807) is 0 Å². The highest BCUT2D eigenvalue weighted by atomic mass is 15.0. The Balaban J connectivity index is 2.00. The zero-order valence-corrected chi connectivity index (χ0v) is 11.1. The van der Waals surface area contributed by atoms with Crippen molar-refractivity contribution in [1.82, 2.24) is 15.3 Å². The van der Waals surface area contributed by atoms with E-state index >= 15 is 0 Å². The van der Waals surface area contributed by atoms with Gasteiger partial charge in [-0.25, -0.2) is 4.98 Å². The second kappa shape index (κ2) is 6.20. The van der Waals surface area contributed by atoms with Gasteiger partial charge in [0.05, 0.1) is 6.04 Å². The summed E-state index contributed by atoms with van der Waals surface area (Å²) in [4.78, 5) is 7.73. The highest BCUT2D eigenvalue weighted by molar-refractivity contribution is 4.99. The molecule has 1 saturated carbocycles. The van der Waals surface area contributed by atoms with Crippen LogP contribution >= 0.6 is 0 Å². The first-order valence-electron chi connectivity index (χ1n) is 7.04. The van der Waals surface area contributed by atoms with Crippen molar-refractivity contribution in [3.8, 4) is 0 Å². The van der Waals surface area contributed by atoms with Crippen LogP contribution in [0.15, 0.2) is 12.4 Å². The monoisotopic (exact) mass is 235 g/mol. The molecule has 1 aromatic rings. The fraction of sp³-hybridized carbons (Fsp3) is 0.786. The summed E-state index contributed by atoms with van der Waals surface area (Å²) in [5.41, 5.74) is 0. The highest BCUT2D eigenvalue weighted by Gasteiger charge is 2.28. The molecule has 0 aromatic carbocycles. The maximum atomic E-state index is 4.45. The Bertz CT molecular complexity index is 299. The van der Waals surface area contributed by atoms with Gasteiger partial charge in [-0.3, -0.25) is 0 Å². The third-order valence-corrected chi connectivity index (χ3v) is 3.96. The van der Waals surface area contributed by atoms with Crippen LogP contribution in [0, 0.1) is 11.8 Å². The molecule has 0 spiro atoms. The fourth-order valence-corrected chi connectivity index (χ4v) is 2.85. The van der Waals surface area contributed by atoms with Gasteiger partial charge in [-0.05, 0) is 37.6 Å². The molecule has 0 saturated heterocycles. The summed E-state index contributed by atoms with van der Waals surface area (Å²) in [6, 6.07) is 0.428. The SMILES string of the molecule is CCCNC(c1ncc[nH]1)C1CCC(C)CC1. The molecule has 0 bridgehead atoms. The summed E-state index contributed by atoms with van der Waals surface area (Å²) in [5.74, 6) is 2.79. The van der Waals surface area contributed by atoms with Crippen LogP contribution < -0.4 is 5.32 Å². The summed E-state index contributed by atoms with van der Waals surface area (Å²) >= 11 is 0. The van der Waals surface area contributed by atoms with Crippen LogP contribution in [0.2, 0.25) is 0 Å². The predicted molar refractivity (Wildman–Crippen MR) is 70.7 cm³/mol. The van der Waals surface area contributed by atoms with Crippen molar-refractivity contribution in [2.24, 2.45) is 11.8 Å². The Morgan fingerprint density at radius 3 is 2.76 bits per heavy atom. The van der Waals surface area contributed by atoms with Crippen LogP contribution in [0.3, 0.4) is 0 Å². The van der Waals surface area contributed by atoms with E-state index in [2.05, 4.69) is 29.1 Å². The van der Waals surface area contributed by atoms with Crippen LogP contribution in [0.1, 0.15) is 57.8 Å². The number of aromatic nitrogens is 2. The summed E-state index contributed by atoms with van der Waals surface area (Å²) in [6.45, 7) is 5.67. The standard InChI is InChI=1S/C14H25N3/c1-3-8-15-13(14-16-9-10-17-14)12-6-4-11(2)5-7-12/h9-13,15H,3-8H2,1-2H3,(H,16,17). The molecule has 1 heterocycles. The average Bonchev–Trinajstić information content (AvgIpc) is 2.85. The Labute approximate surface area is 104 Å². The smallest absolute Gasteiger partial charge is 0.123 e. The zero-order valence-electron chi connectivity index (χ0n) is 11.1. The molecule has 1 aliphatic carbocycles. The Morgan fingerprint density at radius 2 is 2.18 bits per heavy atom. The second-order valence-electron chi connectivity index (χ2n) is 5.43. The van der Waals surface area contributed by atoms with Crippen molar-refractivity contribution < 1.29 is 0 Å². The minimum Gasteiger partial charge on any atom is -0.347 e. The molecule has 3 heteroatoms. The molecular formula is C14H25N3. The summed E-state index contributed by atoms with van der Waals surface area (Å²) in [7, 11) is 0. The number of imidazole rings is 1. The van der Waals surface area contributed by atoms with E-state index in [9.17, 15) is 0 Å². The van der Waals surface area contributed by atoms with Crippen LogP contribution in [0.4, 0.5) is 0 Å². The van der Waals surface area contributed by atoms with Crippen LogP contribution in [-0.2, 0) is 0 Å². The molecule has 2 rings (SSSR count). The van der Waals surface area contributed by atoms with Gasteiger partial charge in [0.25, 0.3) is 0 Å². The molecule has 96 valence electrons. The number of hydrogen-bond donors (Lipinski definition) is 2. The molecule has 1 atom stereocenters. The van der Waals surface area contributed by atoms with E-state index in [0.29, 0.717) is 6.04 Å². The first-order valence-corrected chi connectivity index (χ1v) is 7.04. The van der Waals surface area contributed by atoms with Gasteiger partial charge in [0.1, 0.15) is 5.82 Å². The molecule has 0 radical (unpaired) electrons. The van der Waals surface area contributed by atoms with Crippen molar-refractivity contribution in [1.29, 1.82) is 0 Å². The Hall–Kier alpha value is -0.830. The molecule has 1 fully saturated rings. The first-order chi connectivity index (χ1) is 8.31. The lowest BCUT2D eigenvalue weighted by atomic mass is 9.79. The van der Waals surface area contributed by atoms with Crippen molar-refractivity contribution in [2.75, 3.05) is 6.54 Å². The number of nitrogens with zero attached hydrogens (tertiary/aromatic N) is 1. The van der Waals surface area contributed by atoms with E-state index in [4.69, 9.17) is 0 Å². The summed E-state index contributed by atoms with van der Waals surface area (Å²) in [5, 5.41) is 3.66. The maximum Gasteiger partial charge on any atom is 0.123 e. The van der Waals surface area contributed by atoms with Gasteiger partial charge in [0.15, 0.2) is 0 Å². The topological polar surface area (TPSA) is 40.7 Å². The van der Waals surface area contributed by atoms with Crippen LogP contribution in [0.5, 0.6) is 0 Å². The zero-order chi connectivity index (χ0) is 12.1. The molecule has 2 N–H and O–H groups in total. The van der Waals surface area contributed by atoms with E-state index in [-0.39, 0.29) is 0 Å². The number of nitrogens with one attached hydrogen (secondary N) is 2. The van der Waals surface area contributed by atoms with E-state index in [0.717, 1.165) is 24.2 Å². The first kappa shape index (κ1) is 12.6. The van der Waals surface area contributed by atoms with Crippen molar-refractivity contribution in [3.63, 3.8) is 0 Å². The van der Waals surface area contributed by atoms with Crippen molar-refractivity contribution >= 4 is 0 Å². The molecule has 3 nitrogen and oxygen atoms in total. The van der Waals surface area contributed by atoms with Crippen molar-refractivity contribution in [3.05, 3.63) is 18.2 Å². The van der Waals surface area contributed by atoms with E-state index < -0.39 is 0 Å². The predicted octanol–water partition coefficient (Wildman–Crippen LogP) is 3.28. The summed E-state index contributed by atoms with van der Waals surface area (Å²) in [6.07, 6.45) is 10.4. The normalized spacial score (nSPS) is 26.9. The summed E-state index contributed by atoms with van der Waals surface area (Å²) < 4.78 is 0. The largest absolute Gasteiger partial charge is 0.347 e. The molecule has 1 unspecified atom stereocenters. The number of H-pyrrole nitrogens is 1. The molecule has 0 amide bonds. The van der Waals surface area contributed by atoms with Gasteiger partial charge in [0, 0.05) is 12.4 Å². The van der Waals surface area contributed by atoms with Gasteiger partial charge in [0.2, 0.25) is 0 Å². The van der Waals surface area contributed by atoms with Gasteiger partial charge in [-0.15, -0.1) is 0 Å². The lowest BCUT2D eigenvalue weighted by molar-refractivity contribution is 0.226. The van der Waals surface area contributed by atoms with Gasteiger partial charge in [-0.1, -0.05) is 26.7 Å². The molecule has 17 heavy (non-hydrogen) atoms. The molecular weight excluding hydrogens is 210 g/mol. The average molecular weight is 235 g/mol. The third kappa shape index (κ3) is 3.32.